The van der Waals surface area contributed by atoms with Crippen LogP contribution in [0.2, 0.25) is 0 Å². The molecule has 1 rings (SSSR count). The van der Waals surface area contributed by atoms with E-state index in [1.807, 2.05) is 39.1 Å². The molecular weight excluding hydrogens is 222 g/mol. The van der Waals surface area contributed by atoms with Crippen molar-refractivity contribution in [1.29, 1.82) is 0 Å². The van der Waals surface area contributed by atoms with Crippen molar-refractivity contribution in [1.82, 2.24) is 15.1 Å². The van der Waals surface area contributed by atoms with Gasteiger partial charge in [-0.25, -0.2) is 0 Å². The van der Waals surface area contributed by atoms with Crippen molar-refractivity contribution in [3.8, 4) is 0 Å². The second-order valence-electron chi connectivity index (χ2n) is 3.96. The van der Waals surface area contributed by atoms with Gasteiger partial charge in [0.15, 0.2) is 0 Å². The van der Waals surface area contributed by atoms with Gasteiger partial charge in [-0.15, -0.1) is 0 Å². The fourth-order valence-corrected chi connectivity index (χ4v) is 1.92. The Labute approximate surface area is 113 Å². The molecule has 0 radical (unpaired) electrons. The molecule has 3 heteroatoms. The molecule has 3 nitrogen and oxygen atoms in total. The Morgan fingerprint density at radius 2 is 1.78 bits per heavy atom. The molecule has 0 bridgehead atoms. The van der Waals surface area contributed by atoms with Crippen molar-refractivity contribution in [2.75, 3.05) is 46.3 Å². The lowest BCUT2D eigenvalue weighted by Gasteiger charge is -2.36. The molecule has 0 amide bonds. The van der Waals surface area contributed by atoms with Crippen molar-refractivity contribution >= 4 is 0 Å². The minimum atomic E-state index is 1.07. The molecule has 1 fully saturated rings. The van der Waals surface area contributed by atoms with E-state index in [1.165, 1.54) is 5.70 Å². The third kappa shape index (κ3) is 6.03. The van der Waals surface area contributed by atoms with Crippen molar-refractivity contribution < 1.29 is 0 Å². The molecule has 1 aliphatic rings. The number of rotatable bonds is 6. The summed E-state index contributed by atoms with van der Waals surface area (Å²) in [5.41, 5.74) is 1.18. The van der Waals surface area contributed by atoms with Crippen LogP contribution in [0.15, 0.2) is 37.1 Å². The molecule has 18 heavy (non-hydrogen) atoms. The number of allylic oxidation sites excluding steroid dienone is 3. The van der Waals surface area contributed by atoms with Crippen molar-refractivity contribution in [3.05, 3.63) is 37.1 Å². The van der Waals surface area contributed by atoms with Gasteiger partial charge in [-0.05, 0) is 19.2 Å². The summed E-state index contributed by atoms with van der Waals surface area (Å²) in [6.45, 7) is 18.2. The van der Waals surface area contributed by atoms with E-state index in [4.69, 9.17) is 0 Å². The molecule has 0 aromatic rings. The minimum Gasteiger partial charge on any atom is -0.369 e. The van der Waals surface area contributed by atoms with E-state index in [-0.39, 0.29) is 0 Å². The van der Waals surface area contributed by atoms with Gasteiger partial charge in [0.25, 0.3) is 0 Å². The molecule has 1 aliphatic heterocycles. The van der Waals surface area contributed by atoms with Gasteiger partial charge in [0, 0.05) is 45.0 Å². The number of nitrogens with zero attached hydrogens (tertiary/aromatic N) is 2. The second-order valence-corrected chi connectivity index (χ2v) is 3.96. The van der Waals surface area contributed by atoms with E-state index < -0.39 is 0 Å². The van der Waals surface area contributed by atoms with Crippen LogP contribution < -0.4 is 5.32 Å². The summed E-state index contributed by atoms with van der Waals surface area (Å²) in [5, 5.41) is 3.18. The third-order valence-electron chi connectivity index (χ3n) is 2.91. The Morgan fingerprint density at radius 1 is 1.17 bits per heavy atom. The van der Waals surface area contributed by atoms with Gasteiger partial charge in [0.05, 0.1) is 0 Å². The van der Waals surface area contributed by atoms with Crippen LogP contribution in [0.4, 0.5) is 0 Å². The molecule has 0 aromatic carbocycles. The first kappa shape index (κ1) is 16.9. The Kier molecular flexibility index (Phi) is 10.4. The molecule has 1 heterocycles. The topological polar surface area (TPSA) is 18.5 Å². The zero-order valence-corrected chi connectivity index (χ0v) is 12.3. The van der Waals surface area contributed by atoms with Gasteiger partial charge in [-0.1, -0.05) is 33.1 Å². The van der Waals surface area contributed by atoms with E-state index in [1.54, 1.807) is 0 Å². The Bertz CT molecular complexity index is 250. The maximum Gasteiger partial charge on any atom is 0.0360 e. The van der Waals surface area contributed by atoms with Crippen molar-refractivity contribution in [2.45, 2.75) is 13.8 Å². The average Bonchev–Trinajstić information content (AvgIpc) is 2.45. The van der Waals surface area contributed by atoms with Crippen LogP contribution in [0, 0.1) is 0 Å². The Morgan fingerprint density at radius 3 is 2.22 bits per heavy atom. The average molecular weight is 251 g/mol. The number of hydrogen-bond acceptors (Lipinski definition) is 3. The van der Waals surface area contributed by atoms with Crippen LogP contribution in [-0.2, 0) is 0 Å². The molecule has 0 unspecified atom stereocenters. The van der Waals surface area contributed by atoms with Crippen LogP contribution in [0.1, 0.15) is 13.8 Å². The Balaban J connectivity index is 0.00000137. The smallest absolute Gasteiger partial charge is 0.0360 e. The normalized spacial score (nSPS) is 16.8. The lowest BCUT2D eigenvalue weighted by atomic mass is 10.2. The highest BCUT2D eigenvalue weighted by Crippen LogP contribution is 2.10. The summed E-state index contributed by atoms with van der Waals surface area (Å²) in [7, 11) is 2.00. The molecule has 104 valence electrons. The first-order chi connectivity index (χ1) is 8.81. The summed E-state index contributed by atoms with van der Waals surface area (Å²) in [5.74, 6) is 0. The highest BCUT2D eigenvalue weighted by Gasteiger charge is 2.16. The summed E-state index contributed by atoms with van der Waals surface area (Å²) in [6, 6.07) is 0. The summed E-state index contributed by atoms with van der Waals surface area (Å²) in [6.07, 6.45) is 5.76. The van der Waals surface area contributed by atoms with Gasteiger partial charge in [-0.2, -0.15) is 0 Å². The lowest BCUT2D eigenvalue weighted by molar-refractivity contribution is 0.163. The summed E-state index contributed by atoms with van der Waals surface area (Å²) in [4.78, 5) is 4.85. The van der Waals surface area contributed by atoms with E-state index in [2.05, 4.69) is 28.3 Å². The predicted molar refractivity (Wildman–Crippen MR) is 81.8 cm³/mol. The second kappa shape index (κ2) is 11.1. The van der Waals surface area contributed by atoms with Crippen LogP contribution >= 0.6 is 0 Å². The first-order valence-electron chi connectivity index (χ1n) is 6.89. The number of nitrogens with one attached hydrogen (secondary N) is 1. The molecule has 0 spiro atoms. The SMILES string of the molecule is C=C/C=C(\C=C)N1CCN(CCNC)CC1.CC. The standard InChI is InChI=1S/C13H23N3.C2H6/c1-4-6-13(5-2)16-11-9-15(10-12-16)8-7-14-3;1-2/h4-6,14H,1-2,7-12H2,3H3;1-2H3/b13-6+;. The third-order valence-corrected chi connectivity index (χ3v) is 2.91. The predicted octanol–water partition coefficient (Wildman–Crippen LogP) is 2.11. The molecular formula is C15H29N3. The maximum atomic E-state index is 3.84. The highest BCUT2D eigenvalue weighted by molar-refractivity contribution is 5.20. The minimum absolute atomic E-state index is 1.07. The van der Waals surface area contributed by atoms with E-state index >= 15 is 0 Å². The monoisotopic (exact) mass is 251 g/mol. The van der Waals surface area contributed by atoms with Crippen molar-refractivity contribution in [3.63, 3.8) is 0 Å². The first-order valence-corrected chi connectivity index (χ1v) is 6.89. The van der Waals surface area contributed by atoms with Gasteiger partial charge < -0.3 is 10.2 Å². The van der Waals surface area contributed by atoms with E-state index in [9.17, 15) is 0 Å². The summed E-state index contributed by atoms with van der Waals surface area (Å²) < 4.78 is 0. The van der Waals surface area contributed by atoms with E-state index in [0.29, 0.717) is 0 Å². The Hall–Kier alpha value is -1.06. The van der Waals surface area contributed by atoms with E-state index in [0.717, 1.165) is 39.3 Å². The van der Waals surface area contributed by atoms with Crippen LogP contribution in [-0.4, -0.2) is 56.1 Å². The summed E-state index contributed by atoms with van der Waals surface area (Å²) >= 11 is 0. The van der Waals surface area contributed by atoms with Crippen molar-refractivity contribution in [2.24, 2.45) is 0 Å². The molecule has 1 N–H and O–H groups in total. The largest absolute Gasteiger partial charge is 0.369 e. The fraction of sp³-hybridized carbons (Fsp3) is 0.600. The van der Waals surface area contributed by atoms with Crippen LogP contribution in [0.5, 0.6) is 0 Å². The molecule has 0 aliphatic carbocycles. The molecule has 0 aromatic heterocycles. The number of piperazine rings is 1. The van der Waals surface area contributed by atoms with Crippen LogP contribution in [0.25, 0.3) is 0 Å². The highest BCUT2D eigenvalue weighted by atomic mass is 15.3. The fourth-order valence-electron chi connectivity index (χ4n) is 1.92. The maximum absolute atomic E-state index is 3.84. The molecule has 1 saturated heterocycles. The quantitative estimate of drug-likeness (QED) is 0.729. The van der Waals surface area contributed by atoms with Gasteiger partial charge in [0.1, 0.15) is 0 Å². The van der Waals surface area contributed by atoms with Gasteiger partial charge in [-0.3, -0.25) is 4.90 Å². The zero-order chi connectivity index (χ0) is 13.8. The van der Waals surface area contributed by atoms with Gasteiger partial charge in [0.2, 0.25) is 0 Å². The van der Waals surface area contributed by atoms with Crippen LogP contribution in [0.3, 0.4) is 0 Å². The van der Waals surface area contributed by atoms with Gasteiger partial charge >= 0.3 is 0 Å². The zero-order valence-electron chi connectivity index (χ0n) is 12.3. The lowest BCUT2D eigenvalue weighted by Crippen LogP contribution is -2.47. The number of likely N-dealkylation sites (N-methyl/N-ethyl adjacent to an activating group) is 1. The molecule has 0 atom stereocenters. The molecule has 0 saturated carbocycles. The number of hydrogen-bond donors (Lipinski definition) is 1.